The topological polar surface area (TPSA) is 0 Å². The van der Waals surface area contributed by atoms with Crippen LogP contribution in [0, 0.1) is 0 Å². The molecule has 0 nitrogen and oxygen atoms in total. The van der Waals surface area contributed by atoms with Crippen LogP contribution in [-0.4, -0.2) is 3.21 Å². The van der Waals surface area contributed by atoms with Crippen LogP contribution in [0.25, 0.3) is 22.8 Å². The van der Waals surface area contributed by atoms with E-state index in [1.165, 1.54) is 55.6 Å². The van der Waals surface area contributed by atoms with Crippen LogP contribution < -0.4 is 24.8 Å². The van der Waals surface area contributed by atoms with E-state index in [4.69, 9.17) is 0 Å². The molecule has 0 saturated heterocycles. The van der Waals surface area contributed by atoms with Crippen molar-refractivity contribution < 1.29 is 46.1 Å². The summed E-state index contributed by atoms with van der Waals surface area (Å²) in [6.45, 7) is 0. The van der Waals surface area contributed by atoms with Gasteiger partial charge in [-0.1, -0.05) is 0 Å². The normalized spacial score (nSPS) is 14.1. The summed E-state index contributed by atoms with van der Waals surface area (Å²) in [7, 11) is 0. The van der Waals surface area contributed by atoms with Crippen molar-refractivity contribution >= 4 is 14.9 Å². The van der Waals surface area contributed by atoms with Crippen LogP contribution >= 0.6 is 0 Å². The SMILES string of the molecule is C1=C(c2ccccc2)[CH]([Zr+2](=[C](c2ccccc2)c2ccccc2)[CH]2c3ccccc3-c3ccccc32)c2ccccc21.[Cl-].[Cl-]. The number of rotatable bonds is 5. The van der Waals surface area contributed by atoms with Crippen molar-refractivity contribution in [3.05, 3.63) is 203 Å². The molecule has 0 N–H and O–H groups in total. The summed E-state index contributed by atoms with van der Waals surface area (Å²) in [6.07, 6.45) is 2.50. The molecule has 0 saturated carbocycles. The standard InChI is InChI=1S/C15H11.C13H9.C13H10.2ClH.Zr/c1-2-6-12(7-3-1)15-10-13-8-4-5-9-14(13)11-15;1-3-7-12-10(5-1)9-11-6-2-4-8-13(11)12;1-3-7-12(8-4-1)11-13-9-5-2-6-10-13;;;/h1-11H;1-9H;1-10H;2*1H;/q;;;;;+2/p-2. The molecule has 3 heteroatoms. The molecule has 1 unspecified atom stereocenters. The second-order valence-corrected chi connectivity index (χ2v) is 17.5. The van der Waals surface area contributed by atoms with Crippen molar-refractivity contribution in [1.82, 2.24) is 0 Å². The monoisotopic (exact) mass is 682 g/mol. The van der Waals surface area contributed by atoms with Gasteiger partial charge in [0, 0.05) is 0 Å². The van der Waals surface area contributed by atoms with Crippen molar-refractivity contribution in [2.45, 2.75) is 7.25 Å². The van der Waals surface area contributed by atoms with Gasteiger partial charge in [0.15, 0.2) is 0 Å². The van der Waals surface area contributed by atoms with E-state index in [2.05, 4.69) is 170 Å². The first-order valence-electron chi connectivity index (χ1n) is 14.8. The molecule has 6 aromatic rings. The Hall–Kier alpha value is -3.61. The van der Waals surface area contributed by atoms with Gasteiger partial charge < -0.3 is 24.8 Å². The molecule has 6 aromatic carbocycles. The molecule has 212 valence electrons. The minimum atomic E-state index is -2.89. The van der Waals surface area contributed by atoms with Crippen LogP contribution in [0.5, 0.6) is 0 Å². The van der Waals surface area contributed by atoms with E-state index in [1.54, 1.807) is 3.21 Å². The molecule has 0 amide bonds. The number of fused-ring (bicyclic) bond motifs is 4. The first-order chi connectivity index (χ1) is 20.9. The van der Waals surface area contributed by atoms with Gasteiger partial charge in [-0.3, -0.25) is 0 Å². The van der Waals surface area contributed by atoms with E-state index >= 15 is 0 Å². The van der Waals surface area contributed by atoms with Gasteiger partial charge in [0.05, 0.1) is 0 Å². The Morgan fingerprint density at radius 2 is 0.841 bits per heavy atom. The van der Waals surface area contributed by atoms with Gasteiger partial charge in [-0.25, -0.2) is 0 Å². The molecule has 0 bridgehead atoms. The molecule has 2 aliphatic carbocycles. The van der Waals surface area contributed by atoms with E-state index in [0.29, 0.717) is 7.25 Å². The zero-order valence-electron chi connectivity index (χ0n) is 24.1. The van der Waals surface area contributed by atoms with Crippen LogP contribution in [0.3, 0.4) is 0 Å². The summed E-state index contributed by atoms with van der Waals surface area (Å²) in [4.78, 5) is 0. The molecule has 44 heavy (non-hydrogen) atoms. The van der Waals surface area contributed by atoms with Crippen LogP contribution in [-0.2, 0) is 21.3 Å². The summed E-state index contributed by atoms with van der Waals surface area (Å²) in [5.41, 5.74) is 14.3. The quantitative estimate of drug-likeness (QED) is 0.258. The van der Waals surface area contributed by atoms with Gasteiger partial charge in [0.2, 0.25) is 0 Å². The van der Waals surface area contributed by atoms with Crippen LogP contribution in [0.15, 0.2) is 164 Å². The van der Waals surface area contributed by atoms with Crippen molar-refractivity contribution in [2.24, 2.45) is 0 Å². The van der Waals surface area contributed by atoms with Crippen molar-refractivity contribution in [3.8, 4) is 11.1 Å². The summed E-state index contributed by atoms with van der Waals surface area (Å²) in [6, 6.07) is 61.3. The summed E-state index contributed by atoms with van der Waals surface area (Å²) >= 11 is -2.89. The smallest absolute Gasteiger partial charge is 1.00 e. The van der Waals surface area contributed by atoms with Crippen LogP contribution in [0.4, 0.5) is 0 Å². The molecule has 0 aliphatic heterocycles. The Morgan fingerprint density at radius 3 is 1.39 bits per heavy atom. The minimum absolute atomic E-state index is 0. The third kappa shape index (κ3) is 5.22. The van der Waals surface area contributed by atoms with E-state index in [-0.39, 0.29) is 24.8 Å². The molecule has 0 aromatic heterocycles. The predicted molar refractivity (Wildman–Crippen MR) is 173 cm³/mol. The molecule has 2 aliphatic rings. The maximum Gasteiger partial charge on any atom is -1.00 e. The molecule has 0 radical (unpaired) electrons. The van der Waals surface area contributed by atoms with E-state index in [1.807, 2.05) is 0 Å². The number of benzene rings is 6. The minimum Gasteiger partial charge on any atom is -1.00 e. The number of hydrogen-bond acceptors (Lipinski definition) is 0. The largest absolute Gasteiger partial charge is 1.00 e. The zero-order valence-corrected chi connectivity index (χ0v) is 28.0. The Labute approximate surface area is 280 Å². The van der Waals surface area contributed by atoms with Gasteiger partial charge in [-0.2, -0.15) is 0 Å². The van der Waals surface area contributed by atoms with Crippen molar-refractivity contribution in [1.29, 1.82) is 0 Å². The van der Waals surface area contributed by atoms with Crippen LogP contribution in [0.1, 0.15) is 46.2 Å². The number of hydrogen-bond donors (Lipinski definition) is 0. The number of halogens is 2. The maximum absolute atomic E-state index is 2.89. The second kappa shape index (κ2) is 13.2. The fraction of sp³-hybridized carbons (Fsp3) is 0.0488. The van der Waals surface area contributed by atoms with E-state index in [0.717, 1.165) is 0 Å². The average Bonchev–Trinajstić information content (AvgIpc) is 3.61. The Balaban J connectivity index is 0.00000171. The Morgan fingerprint density at radius 1 is 0.409 bits per heavy atom. The number of allylic oxidation sites excluding steroid dienone is 1. The van der Waals surface area contributed by atoms with Crippen molar-refractivity contribution in [2.75, 3.05) is 0 Å². The first kappa shape index (κ1) is 30.4. The van der Waals surface area contributed by atoms with Gasteiger partial charge in [0.1, 0.15) is 0 Å². The third-order valence-electron chi connectivity index (χ3n) is 8.91. The summed E-state index contributed by atoms with van der Waals surface area (Å²) < 4.78 is 2.35. The Bertz CT molecular complexity index is 1890. The molecule has 8 rings (SSSR count). The molecule has 0 heterocycles. The van der Waals surface area contributed by atoms with Crippen molar-refractivity contribution in [3.63, 3.8) is 0 Å². The fourth-order valence-electron chi connectivity index (χ4n) is 7.19. The molecular formula is C41H30Cl2Zr. The fourth-order valence-corrected chi connectivity index (χ4v) is 17.7. The molecule has 1 atom stereocenters. The molecule has 0 spiro atoms. The zero-order chi connectivity index (χ0) is 27.9. The average molecular weight is 685 g/mol. The van der Waals surface area contributed by atoms with E-state index < -0.39 is 21.3 Å². The van der Waals surface area contributed by atoms with Gasteiger partial charge in [0.25, 0.3) is 0 Å². The Kier molecular flexibility index (Phi) is 9.11. The van der Waals surface area contributed by atoms with Gasteiger partial charge in [-0.05, 0) is 0 Å². The van der Waals surface area contributed by atoms with Gasteiger partial charge in [-0.15, -0.1) is 0 Å². The maximum atomic E-state index is 2.50. The van der Waals surface area contributed by atoms with Crippen LogP contribution in [0.2, 0.25) is 0 Å². The molecular weight excluding hydrogens is 655 g/mol. The van der Waals surface area contributed by atoms with Gasteiger partial charge >= 0.3 is 257 Å². The summed E-state index contributed by atoms with van der Waals surface area (Å²) in [5.74, 6) is 0. The summed E-state index contributed by atoms with van der Waals surface area (Å²) in [5, 5.41) is 0. The third-order valence-corrected chi connectivity index (χ3v) is 17.9. The molecule has 0 fully saturated rings. The predicted octanol–water partition coefficient (Wildman–Crippen LogP) is 3.95. The second-order valence-electron chi connectivity index (χ2n) is 11.2. The first-order valence-corrected chi connectivity index (χ1v) is 18.8. The van der Waals surface area contributed by atoms with E-state index in [9.17, 15) is 0 Å².